The van der Waals surface area contributed by atoms with Crippen LogP contribution in [-0.4, -0.2) is 19.3 Å². The van der Waals surface area contributed by atoms with Gasteiger partial charge in [0.2, 0.25) is 0 Å². The molecule has 0 N–H and O–H groups in total. The number of benzene rings is 1. The van der Waals surface area contributed by atoms with Crippen molar-refractivity contribution in [3.05, 3.63) is 42.7 Å². The summed E-state index contributed by atoms with van der Waals surface area (Å²) >= 11 is 0. The molecule has 0 bridgehead atoms. The second-order valence-corrected chi connectivity index (χ2v) is 3.78. The first kappa shape index (κ1) is 9.48. The van der Waals surface area contributed by atoms with Crippen LogP contribution in [0.2, 0.25) is 0 Å². The lowest BCUT2D eigenvalue weighted by molar-refractivity contribution is -0.0796. The van der Waals surface area contributed by atoms with Crippen molar-refractivity contribution in [2.75, 3.05) is 13.2 Å². The average Bonchev–Trinajstić information content (AvgIpc) is 2.78. The molecular weight excluding hydrogens is 204 g/mol. The minimum absolute atomic E-state index is 0.217. The Hall–Kier alpha value is -1.74. The van der Waals surface area contributed by atoms with Crippen LogP contribution in [0, 0.1) is 0 Å². The standard InChI is InChI=1S/C13H12O3/c1-2-13(15-7-1)10-3-5-11(6-4-10)16-12-8-14-9-12/h1-7,12H,8-9H2. The van der Waals surface area contributed by atoms with Crippen LogP contribution in [0.3, 0.4) is 0 Å². The second kappa shape index (κ2) is 4.02. The molecule has 0 saturated carbocycles. The maximum atomic E-state index is 5.67. The van der Waals surface area contributed by atoms with Gasteiger partial charge in [0.15, 0.2) is 0 Å². The van der Waals surface area contributed by atoms with Crippen molar-refractivity contribution in [1.82, 2.24) is 0 Å². The van der Waals surface area contributed by atoms with Gasteiger partial charge in [0.1, 0.15) is 17.6 Å². The summed E-state index contributed by atoms with van der Waals surface area (Å²) in [6.07, 6.45) is 1.89. The molecule has 3 heteroatoms. The van der Waals surface area contributed by atoms with E-state index in [2.05, 4.69) is 0 Å². The van der Waals surface area contributed by atoms with Gasteiger partial charge >= 0.3 is 0 Å². The molecule has 0 unspecified atom stereocenters. The summed E-state index contributed by atoms with van der Waals surface area (Å²) in [4.78, 5) is 0. The van der Waals surface area contributed by atoms with Crippen LogP contribution in [0.5, 0.6) is 5.75 Å². The Balaban J connectivity index is 1.74. The van der Waals surface area contributed by atoms with Crippen molar-refractivity contribution in [2.24, 2.45) is 0 Å². The Morgan fingerprint density at radius 3 is 2.44 bits per heavy atom. The Bertz CT molecular complexity index is 441. The molecular formula is C13H12O3. The van der Waals surface area contributed by atoms with Crippen LogP contribution >= 0.6 is 0 Å². The smallest absolute Gasteiger partial charge is 0.145 e. The van der Waals surface area contributed by atoms with Crippen LogP contribution in [0.25, 0.3) is 11.3 Å². The molecule has 0 atom stereocenters. The summed E-state index contributed by atoms with van der Waals surface area (Å²) in [7, 11) is 0. The van der Waals surface area contributed by atoms with E-state index in [1.165, 1.54) is 0 Å². The lowest BCUT2D eigenvalue weighted by atomic mass is 10.1. The van der Waals surface area contributed by atoms with Crippen molar-refractivity contribution >= 4 is 0 Å². The summed E-state index contributed by atoms with van der Waals surface area (Å²) in [6, 6.07) is 11.7. The predicted octanol–water partition coefficient (Wildman–Crippen LogP) is 2.72. The van der Waals surface area contributed by atoms with Crippen molar-refractivity contribution in [1.29, 1.82) is 0 Å². The zero-order valence-corrected chi connectivity index (χ0v) is 8.76. The van der Waals surface area contributed by atoms with Crippen LogP contribution in [-0.2, 0) is 4.74 Å². The van der Waals surface area contributed by atoms with Crippen LogP contribution in [0.4, 0.5) is 0 Å². The van der Waals surface area contributed by atoms with Gasteiger partial charge in [0, 0.05) is 5.56 Å². The first-order chi connectivity index (χ1) is 7.92. The highest BCUT2D eigenvalue weighted by molar-refractivity contribution is 5.58. The molecule has 1 aromatic carbocycles. The molecule has 3 nitrogen and oxygen atoms in total. The minimum atomic E-state index is 0.217. The van der Waals surface area contributed by atoms with E-state index >= 15 is 0 Å². The van der Waals surface area contributed by atoms with E-state index < -0.39 is 0 Å². The lowest BCUT2D eigenvalue weighted by Crippen LogP contribution is -2.38. The quantitative estimate of drug-likeness (QED) is 0.790. The van der Waals surface area contributed by atoms with E-state index in [1.54, 1.807) is 6.26 Å². The van der Waals surface area contributed by atoms with Crippen LogP contribution in [0.1, 0.15) is 0 Å². The maximum Gasteiger partial charge on any atom is 0.145 e. The van der Waals surface area contributed by atoms with E-state index in [1.807, 2.05) is 36.4 Å². The first-order valence-electron chi connectivity index (χ1n) is 5.30. The molecule has 0 aliphatic carbocycles. The molecule has 2 aromatic rings. The topological polar surface area (TPSA) is 31.6 Å². The fraction of sp³-hybridized carbons (Fsp3) is 0.231. The van der Waals surface area contributed by atoms with E-state index in [-0.39, 0.29) is 6.10 Å². The molecule has 1 aromatic heterocycles. The average molecular weight is 216 g/mol. The number of hydrogen-bond donors (Lipinski definition) is 0. The molecule has 1 aliphatic heterocycles. The van der Waals surface area contributed by atoms with Gasteiger partial charge < -0.3 is 13.9 Å². The van der Waals surface area contributed by atoms with Crippen LogP contribution in [0.15, 0.2) is 47.1 Å². The van der Waals surface area contributed by atoms with E-state index in [0.29, 0.717) is 13.2 Å². The van der Waals surface area contributed by atoms with Crippen molar-refractivity contribution in [3.63, 3.8) is 0 Å². The van der Waals surface area contributed by atoms with Crippen molar-refractivity contribution < 1.29 is 13.9 Å². The Kier molecular flexibility index (Phi) is 2.38. The third-order valence-electron chi connectivity index (χ3n) is 2.57. The third kappa shape index (κ3) is 1.82. The first-order valence-corrected chi connectivity index (χ1v) is 5.30. The molecule has 1 aliphatic rings. The summed E-state index contributed by atoms with van der Waals surface area (Å²) in [5.74, 6) is 1.75. The molecule has 0 amide bonds. The Morgan fingerprint density at radius 2 is 1.88 bits per heavy atom. The summed E-state index contributed by atoms with van der Waals surface area (Å²) < 4.78 is 16.0. The number of hydrogen-bond acceptors (Lipinski definition) is 3. The number of rotatable bonds is 3. The maximum absolute atomic E-state index is 5.67. The highest BCUT2D eigenvalue weighted by Crippen LogP contribution is 2.23. The fourth-order valence-electron chi connectivity index (χ4n) is 1.62. The number of furan rings is 1. The summed E-state index contributed by atoms with van der Waals surface area (Å²) in [5.41, 5.74) is 1.06. The van der Waals surface area contributed by atoms with Gasteiger partial charge in [-0.3, -0.25) is 0 Å². The van der Waals surface area contributed by atoms with Gasteiger partial charge in [0.25, 0.3) is 0 Å². The predicted molar refractivity (Wildman–Crippen MR) is 59.4 cm³/mol. The van der Waals surface area contributed by atoms with Gasteiger partial charge in [-0.15, -0.1) is 0 Å². The largest absolute Gasteiger partial charge is 0.486 e. The van der Waals surface area contributed by atoms with Gasteiger partial charge in [-0.2, -0.15) is 0 Å². The molecule has 2 heterocycles. The molecule has 1 saturated heterocycles. The van der Waals surface area contributed by atoms with Gasteiger partial charge in [-0.25, -0.2) is 0 Å². The van der Waals surface area contributed by atoms with Crippen molar-refractivity contribution in [3.8, 4) is 17.1 Å². The summed E-state index contributed by atoms with van der Waals surface area (Å²) in [5, 5.41) is 0. The molecule has 0 radical (unpaired) electrons. The van der Waals surface area contributed by atoms with Crippen molar-refractivity contribution in [2.45, 2.75) is 6.10 Å². The van der Waals surface area contributed by atoms with E-state index in [0.717, 1.165) is 17.1 Å². The molecule has 0 spiro atoms. The highest BCUT2D eigenvalue weighted by atomic mass is 16.6. The monoisotopic (exact) mass is 216 g/mol. The molecule has 16 heavy (non-hydrogen) atoms. The Morgan fingerprint density at radius 1 is 1.06 bits per heavy atom. The zero-order valence-electron chi connectivity index (χ0n) is 8.76. The van der Waals surface area contributed by atoms with Gasteiger partial charge in [-0.1, -0.05) is 0 Å². The van der Waals surface area contributed by atoms with E-state index in [9.17, 15) is 0 Å². The normalized spacial score (nSPS) is 15.8. The lowest BCUT2D eigenvalue weighted by Gasteiger charge is -2.26. The van der Waals surface area contributed by atoms with Crippen LogP contribution < -0.4 is 4.74 Å². The molecule has 82 valence electrons. The highest BCUT2D eigenvalue weighted by Gasteiger charge is 2.19. The number of ether oxygens (including phenoxy) is 2. The Labute approximate surface area is 93.6 Å². The van der Waals surface area contributed by atoms with E-state index in [4.69, 9.17) is 13.9 Å². The molecule has 3 rings (SSSR count). The third-order valence-corrected chi connectivity index (χ3v) is 2.57. The zero-order chi connectivity index (χ0) is 10.8. The van der Waals surface area contributed by atoms with Gasteiger partial charge in [-0.05, 0) is 36.4 Å². The summed E-state index contributed by atoms with van der Waals surface area (Å²) in [6.45, 7) is 1.39. The minimum Gasteiger partial charge on any atom is -0.486 e. The SMILES string of the molecule is c1coc(-c2ccc(OC3COC3)cc2)c1. The second-order valence-electron chi connectivity index (χ2n) is 3.78. The fourth-order valence-corrected chi connectivity index (χ4v) is 1.62. The van der Waals surface area contributed by atoms with Gasteiger partial charge in [0.05, 0.1) is 19.5 Å². The molecule has 1 fully saturated rings.